The Kier molecular flexibility index (Phi) is 5.25. The van der Waals surface area contributed by atoms with Gasteiger partial charge in [0.25, 0.3) is 0 Å². The molecule has 0 aliphatic carbocycles. The Morgan fingerprint density at radius 3 is 2.81 bits per heavy atom. The summed E-state index contributed by atoms with van der Waals surface area (Å²) in [6.45, 7) is 6.14. The standard InChI is InChI=1S/C16H28N2O3/c1-3-6-16(15(20)21)7-4-9-18(11-16)14(19)13-10-12(2)5-8-17-13/h12-13,17H,3-11H2,1-2H3,(H,20,21). The highest BCUT2D eigenvalue weighted by Gasteiger charge is 2.43. The van der Waals surface area contributed by atoms with Crippen molar-refractivity contribution in [3.63, 3.8) is 0 Å². The lowest BCUT2D eigenvalue weighted by Gasteiger charge is -2.42. The molecule has 2 saturated heterocycles. The van der Waals surface area contributed by atoms with Crippen molar-refractivity contribution in [3.05, 3.63) is 0 Å². The first-order chi connectivity index (χ1) is 9.98. The van der Waals surface area contributed by atoms with Crippen molar-refractivity contribution in [2.24, 2.45) is 11.3 Å². The highest BCUT2D eigenvalue weighted by atomic mass is 16.4. The zero-order valence-electron chi connectivity index (χ0n) is 13.2. The van der Waals surface area contributed by atoms with Crippen molar-refractivity contribution in [2.45, 2.75) is 58.4 Å². The Bertz CT molecular complexity index is 395. The van der Waals surface area contributed by atoms with Crippen LogP contribution >= 0.6 is 0 Å². The molecular formula is C16H28N2O3. The number of piperidine rings is 2. The molecule has 0 radical (unpaired) electrons. The number of carboxylic acid groups (broad SMARTS) is 1. The molecule has 21 heavy (non-hydrogen) atoms. The van der Waals surface area contributed by atoms with E-state index in [0.29, 0.717) is 31.8 Å². The molecule has 2 N–H and O–H groups in total. The predicted molar refractivity (Wildman–Crippen MR) is 81.0 cm³/mol. The zero-order chi connectivity index (χ0) is 15.5. The molecule has 0 aromatic rings. The summed E-state index contributed by atoms with van der Waals surface area (Å²) in [7, 11) is 0. The highest BCUT2D eigenvalue weighted by molar-refractivity contribution is 5.83. The summed E-state index contributed by atoms with van der Waals surface area (Å²) < 4.78 is 0. The Hall–Kier alpha value is -1.10. The number of carboxylic acids is 1. The maximum absolute atomic E-state index is 12.7. The molecule has 0 saturated carbocycles. The van der Waals surface area contributed by atoms with Crippen LogP contribution in [0.4, 0.5) is 0 Å². The fourth-order valence-electron chi connectivity index (χ4n) is 3.80. The van der Waals surface area contributed by atoms with Gasteiger partial charge in [-0.05, 0) is 44.6 Å². The number of amides is 1. The molecule has 0 aromatic heterocycles. The summed E-state index contributed by atoms with van der Waals surface area (Å²) in [5.74, 6) is -0.0836. The molecule has 2 heterocycles. The molecule has 120 valence electrons. The van der Waals surface area contributed by atoms with E-state index >= 15 is 0 Å². The van der Waals surface area contributed by atoms with Crippen LogP contribution in [0.15, 0.2) is 0 Å². The lowest BCUT2D eigenvalue weighted by molar-refractivity contribution is -0.156. The van der Waals surface area contributed by atoms with Crippen LogP contribution in [-0.2, 0) is 9.59 Å². The van der Waals surface area contributed by atoms with Crippen LogP contribution in [0.5, 0.6) is 0 Å². The number of likely N-dealkylation sites (tertiary alicyclic amines) is 1. The number of nitrogens with one attached hydrogen (secondary N) is 1. The van der Waals surface area contributed by atoms with Crippen molar-refractivity contribution < 1.29 is 14.7 Å². The molecule has 0 bridgehead atoms. The molecule has 1 amide bonds. The first-order valence-corrected chi connectivity index (χ1v) is 8.24. The monoisotopic (exact) mass is 296 g/mol. The summed E-state index contributed by atoms with van der Waals surface area (Å²) in [6, 6.07) is -0.125. The second-order valence-corrected chi connectivity index (χ2v) is 6.84. The Balaban J connectivity index is 2.05. The molecule has 0 spiro atoms. The van der Waals surface area contributed by atoms with Crippen molar-refractivity contribution in [1.82, 2.24) is 10.2 Å². The third kappa shape index (κ3) is 3.57. The molecule has 0 aromatic carbocycles. The van der Waals surface area contributed by atoms with E-state index in [0.717, 1.165) is 32.2 Å². The van der Waals surface area contributed by atoms with Gasteiger partial charge in [-0.15, -0.1) is 0 Å². The van der Waals surface area contributed by atoms with Gasteiger partial charge in [0, 0.05) is 13.1 Å². The van der Waals surface area contributed by atoms with Crippen molar-refractivity contribution in [3.8, 4) is 0 Å². The summed E-state index contributed by atoms with van der Waals surface area (Å²) in [5.41, 5.74) is -0.733. The largest absolute Gasteiger partial charge is 0.481 e. The van der Waals surface area contributed by atoms with Crippen molar-refractivity contribution in [1.29, 1.82) is 0 Å². The number of hydrogen-bond acceptors (Lipinski definition) is 3. The van der Waals surface area contributed by atoms with Gasteiger partial charge in [-0.2, -0.15) is 0 Å². The minimum atomic E-state index is -0.744. The lowest BCUT2D eigenvalue weighted by atomic mass is 9.76. The lowest BCUT2D eigenvalue weighted by Crippen LogP contribution is -2.56. The summed E-state index contributed by atoms with van der Waals surface area (Å²) >= 11 is 0. The number of hydrogen-bond donors (Lipinski definition) is 2. The quantitative estimate of drug-likeness (QED) is 0.831. The van der Waals surface area contributed by atoms with Crippen LogP contribution in [0.2, 0.25) is 0 Å². The summed E-state index contributed by atoms with van der Waals surface area (Å²) in [6.07, 6.45) is 4.95. The molecule has 5 nitrogen and oxygen atoms in total. The van der Waals surface area contributed by atoms with Gasteiger partial charge in [-0.3, -0.25) is 9.59 Å². The maximum Gasteiger partial charge on any atom is 0.311 e. The molecule has 2 aliphatic rings. The van der Waals surface area contributed by atoms with Crippen LogP contribution in [0.25, 0.3) is 0 Å². The Morgan fingerprint density at radius 2 is 2.19 bits per heavy atom. The zero-order valence-corrected chi connectivity index (χ0v) is 13.2. The Morgan fingerprint density at radius 1 is 1.43 bits per heavy atom. The van der Waals surface area contributed by atoms with Crippen molar-refractivity contribution in [2.75, 3.05) is 19.6 Å². The van der Waals surface area contributed by atoms with Gasteiger partial charge in [0.15, 0.2) is 0 Å². The first kappa shape index (κ1) is 16.3. The van der Waals surface area contributed by atoms with Crippen LogP contribution in [-0.4, -0.2) is 47.6 Å². The van der Waals surface area contributed by atoms with Gasteiger partial charge in [-0.1, -0.05) is 20.3 Å². The highest BCUT2D eigenvalue weighted by Crippen LogP contribution is 2.35. The fourth-order valence-corrected chi connectivity index (χ4v) is 3.80. The molecular weight excluding hydrogens is 268 g/mol. The van der Waals surface area contributed by atoms with Crippen molar-refractivity contribution >= 4 is 11.9 Å². The predicted octanol–water partition coefficient (Wildman–Crippen LogP) is 1.87. The van der Waals surface area contributed by atoms with E-state index in [1.165, 1.54) is 0 Å². The first-order valence-electron chi connectivity index (χ1n) is 8.24. The van der Waals surface area contributed by atoms with Crippen LogP contribution in [0.3, 0.4) is 0 Å². The summed E-state index contributed by atoms with van der Waals surface area (Å²) in [5, 5.41) is 12.9. The van der Waals surface area contributed by atoms with E-state index in [1.807, 2.05) is 6.92 Å². The molecule has 3 unspecified atom stereocenters. The van der Waals surface area contributed by atoms with Crippen LogP contribution in [0, 0.1) is 11.3 Å². The molecule has 5 heteroatoms. The third-order valence-electron chi connectivity index (χ3n) is 5.03. The van der Waals surface area contributed by atoms with E-state index in [-0.39, 0.29) is 11.9 Å². The molecule has 2 fully saturated rings. The number of carbonyl (C=O) groups is 2. The average Bonchev–Trinajstić information content (AvgIpc) is 2.47. The molecule has 3 atom stereocenters. The number of aliphatic carboxylic acids is 1. The van der Waals surface area contributed by atoms with E-state index in [2.05, 4.69) is 12.2 Å². The number of nitrogens with zero attached hydrogens (tertiary/aromatic N) is 1. The average molecular weight is 296 g/mol. The van der Waals surface area contributed by atoms with E-state index < -0.39 is 11.4 Å². The smallest absolute Gasteiger partial charge is 0.311 e. The fraction of sp³-hybridized carbons (Fsp3) is 0.875. The van der Waals surface area contributed by atoms with Gasteiger partial charge in [0.2, 0.25) is 5.91 Å². The maximum atomic E-state index is 12.7. The Labute approximate surface area is 127 Å². The van der Waals surface area contributed by atoms with Gasteiger partial charge in [-0.25, -0.2) is 0 Å². The van der Waals surface area contributed by atoms with Gasteiger partial charge >= 0.3 is 5.97 Å². The normalized spacial score (nSPS) is 33.7. The third-order valence-corrected chi connectivity index (χ3v) is 5.03. The second-order valence-electron chi connectivity index (χ2n) is 6.84. The van der Waals surface area contributed by atoms with Crippen LogP contribution in [0.1, 0.15) is 52.4 Å². The number of rotatable bonds is 4. The van der Waals surface area contributed by atoms with E-state index in [1.54, 1.807) is 4.90 Å². The second kappa shape index (κ2) is 6.77. The topological polar surface area (TPSA) is 69.6 Å². The van der Waals surface area contributed by atoms with E-state index in [9.17, 15) is 14.7 Å². The van der Waals surface area contributed by atoms with Gasteiger partial charge < -0.3 is 15.3 Å². The minimum Gasteiger partial charge on any atom is -0.481 e. The van der Waals surface area contributed by atoms with Crippen LogP contribution < -0.4 is 5.32 Å². The van der Waals surface area contributed by atoms with Gasteiger partial charge in [0.1, 0.15) is 0 Å². The summed E-state index contributed by atoms with van der Waals surface area (Å²) in [4.78, 5) is 26.2. The molecule has 2 rings (SSSR count). The minimum absolute atomic E-state index is 0.1000. The number of carbonyl (C=O) groups excluding carboxylic acids is 1. The van der Waals surface area contributed by atoms with E-state index in [4.69, 9.17) is 0 Å². The molecule has 2 aliphatic heterocycles. The SMILES string of the molecule is CCCC1(C(=O)O)CCCN(C(=O)C2CC(C)CCN2)C1. The van der Waals surface area contributed by atoms with Gasteiger partial charge in [0.05, 0.1) is 11.5 Å².